The Morgan fingerprint density at radius 3 is 2.28 bits per heavy atom. The number of ether oxygens (including phenoxy) is 1. The van der Waals surface area contributed by atoms with Gasteiger partial charge in [-0.2, -0.15) is 0 Å². The monoisotopic (exact) mass is 273 g/mol. The summed E-state index contributed by atoms with van der Waals surface area (Å²) in [5.74, 6) is 0. The molecule has 1 heterocycles. The third-order valence-corrected chi connectivity index (χ3v) is 5.01. The van der Waals surface area contributed by atoms with Crippen molar-refractivity contribution >= 4 is 9.28 Å². The molecule has 1 rings (SSSR count). The van der Waals surface area contributed by atoms with Gasteiger partial charge in [-0.15, -0.1) is 0 Å². The van der Waals surface area contributed by atoms with Crippen molar-refractivity contribution in [2.24, 2.45) is 0 Å². The zero-order chi connectivity index (χ0) is 13.2. The first-order valence-electron chi connectivity index (χ1n) is 7.05. The molecule has 1 saturated heterocycles. The Bertz CT molecular complexity index is 226. The highest BCUT2D eigenvalue weighted by Gasteiger charge is 2.19. The summed E-state index contributed by atoms with van der Waals surface area (Å²) in [6.07, 6.45) is 4.00. The lowest BCUT2D eigenvalue weighted by Crippen LogP contribution is -2.34. The summed E-state index contributed by atoms with van der Waals surface area (Å²) in [4.78, 5) is 2.45. The molecule has 1 fully saturated rings. The van der Waals surface area contributed by atoms with Gasteiger partial charge >= 0.3 is 9.28 Å². The van der Waals surface area contributed by atoms with E-state index in [4.69, 9.17) is 13.6 Å². The second kappa shape index (κ2) is 9.55. The molecule has 0 N–H and O–H groups in total. The van der Waals surface area contributed by atoms with E-state index in [0.717, 1.165) is 11.9 Å². The average molecular weight is 273 g/mol. The Hall–Kier alpha value is -0.363. The standard InChI is InChI=1S/C13H27NO3Si/c1-4-16-18(17-5-2)13(3)15-12-11-14-9-7-6-8-10-14/h18H,3-12H2,1-2H3. The zero-order valence-electron chi connectivity index (χ0n) is 11.8. The summed E-state index contributed by atoms with van der Waals surface area (Å²) in [5, 5.41) is 0.718. The van der Waals surface area contributed by atoms with Crippen LogP contribution in [0.25, 0.3) is 0 Å². The van der Waals surface area contributed by atoms with Gasteiger partial charge < -0.3 is 13.6 Å². The minimum absolute atomic E-state index is 0.658. The maximum atomic E-state index is 5.69. The van der Waals surface area contributed by atoms with Crippen molar-refractivity contribution in [3.63, 3.8) is 0 Å². The summed E-state index contributed by atoms with van der Waals surface area (Å²) >= 11 is 0. The molecule has 1 aliphatic heterocycles. The highest BCUT2D eigenvalue weighted by atomic mass is 28.3. The van der Waals surface area contributed by atoms with Crippen LogP contribution in [-0.2, 0) is 13.6 Å². The van der Waals surface area contributed by atoms with Crippen LogP contribution in [0.5, 0.6) is 0 Å². The molecule has 0 aliphatic carbocycles. The van der Waals surface area contributed by atoms with Crippen LogP contribution < -0.4 is 0 Å². The van der Waals surface area contributed by atoms with Gasteiger partial charge in [0, 0.05) is 19.8 Å². The van der Waals surface area contributed by atoms with E-state index in [1.165, 1.54) is 32.4 Å². The number of piperidine rings is 1. The van der Waals surface area contributed by atoms with Crippen molar-refractivity contribution < 1.29 is 13.6 Å². The summed E-state index contributed by atoms with van der Waals surface area (Å²) < 4.78 is 16.8. The lowest BCUT2D eigenvalue weighted by Gasteiger charge is -2.26. The van der Waals surface area contributed by atoms with Gasteiger partial charge in [-0.3, -0.25) is 4.90 Å². The van der Waals surface area contributed by atoms with E-state index in [1.807, 2.05) is 13.8 Å². The van der Waals surface area contributed by atoms with Gasteiger partial charge in [0.1, 0.15) is 12.0 Å². The molecular formula is C13H27NO3Si. The van der Waals surface area contributed by atoms with Crippen LogP contribution >= 0.6 is 0 Å². The minimum atomic E-state index is -1.84. The van der Waals surface area contributed by atoms with Gasteiger partial charge in [0.2, 0.25) is 0 Å². The Morgan fingerprint density at radius 2 is 1.72 bits per heavy atom. The van der Waals surface area contributed by atoms with Gasteiger partial charge in [-0.25, -0.2) is 0 Å². The maximum Gasteiger partial charge on any atom is 0.391 e. The first-order chi connectivity index (χ1) is 8.77. The van der Waals surface area contributed by atoms with Crippen molar-refractivity contribution in [2.75, 3.05) is 39.5 Å². The van der Waals surface area contributed by atoms with Crippen molar-refractivity contribution in [1.82, 2.24) is 4.90 Å². The van der Waals surface area contributed by atoms with Gasteiger partial charge in [0.15, 0.2) is 0 Å². The van der Waals surface area contributed by atoms with E-state index in [1.54, 1.807) is 0 Å². The van der Waals surface area contributed by atoms with Crippen LogP contribution in [0.2, 0.25) is 0 Å². The number of hydrogen-bond donors (Lipinski definition) is 0. The van der Waals surface area contributed by atoms with Gasteiger partial charge in [-0.1, -0.05) is 13.0 Å². The Kier molecular flexibility index (Phi) is 8.33. The Morgan fingerprint density at radius 1 is 1.11 bits per heavy atom. The van der Waals surface area contributed by atoms with Crippen LogP contribution in [0.4, 0.5) is 0 Å². The first kappa shape index (κ1) is 15.7. The molecule has 0 atom stereocenters. The van der Waals surface area contributed by atoms with Gasteiger partial charge in [0.05, 0.1) is 0 Å². The van der Waals surface area contributed by atoms with Crippen molar-refractivity contribution in [3.8, 4) is 0 Å². The second-order valence-electron chi connectivity index (χ2n) is 4.46. The molecule has 106 valence electrons. The molecule has 4 nitrogen and oxygen atoms in total. The van der Waals surface area contributed by atoms with Crippen molar-refractivity contribution in [3.05, 3.63) is 12.0 Å². The second-order valence-corrected chi connectivity index (χ2v) is 6.43. The predicted octanol–water partition coefficient (Wildman–Crippen LogP) is 1.84. The fourth-order valence-corrected chi connectivity index (χ4v) is 3.42. The molecule has 0 saturated carbocycles. The molecule has 0 aromatic rings. The van der Waals surface area contributed by atoms with Crippen LogP contribution in [0.3, 0.4) is 0 Å². The van der Waals surface area contributed by atoms with Crippen molar-refractivity contribution in [2.45, 2.75) is 33.1 Å². The lowest BCUT2D eigenvalue weighted by atomic mass is 10.1. The van der Waals surface area contributed by atoms with Crippen LogP contribution in [0, 0.1) is 0 Å². The van der Waals surface area contributed by atoms with Crippen molar-refractivity contribution in [1.29, 1.82) is 0 Å². The number of nitrogens with zero attached hydrogens (tertiary/aromatic N) is 1. The summed E-state index contributed by atoms with van der Waals surface area (Å²) in [6, 6.07) is 0. The van der Waals surface area contributed by atoms with Gasteiger partial charge in [-0.05, 0) is 39.8 Å². The Labute approximate surface area is 113 Å². The quantitative estimate of drug-likeness (QED) is 0.474. The third-order valence-electron chi connectivity index (χ3n) is 3.04. The number of rotatable bonds is 9. The molecule has 0 unspecified atom stereocenters. The lowest BCUT2D eigenvalue weighted by molar-refractivity contribution is 0.134. The van der Waals surface area contributed by atoms with Crippen LogP contribution in [0.15, 0.2) is 12.0 Å². The SMILES string of the molecule is C=C(OCCN1CCCCC1)[SiH](OCC)OCC. The van der Waals surface area contributed by atoms with E-state index in [0.29, 0.717) is 19.8 Å². The van der Waals surface area contributed by atoms with Crippen LogP contribution in [0.1, 0.15) is 33.1 Å². The number of hydrogen-bond acceptors (Lipinski definition) is 4. The summed E-state index contributed by atoms with van der Waals surface area (Å²) in [5.41, 5.74) is 0. The summed E-state index contributed by atoms with van der Waals surface area (Å²) in [6.45, 7) is 13.3. The largest absolute Gasteiger partial charge is 0.497 e. The fraction of sp³-hybridized carbons (Fsp3) is 0.846. The van der Waals surface area contributed by atoms with E-state index >= 15 is 0 Å². The molecule has 0 aromatic heterocycles. The third kappa shape index (κ3) is 6.00. The van der Waals surface area contributed by atoms with E-state index in [9.17, 15) is 0 Å². The van der Waals surface area contributed by atoms with Crippen LogP contribution in [-0.4, -0.2) is 53.6 Å². The molecule has 0 radical (unpaired) electrons. The number of likely N-dealkylation sites (tertiary alicyclic amines) is 1. The van der Waals surface area contributed by atoms with E-state index in [2.05, 4.69) is 11.5 Å². The molecule has 0 bridgehead atoms. The van der Waals surface area contributed by atoms with Gasteiger partial charge in [0.25, 0.3) is 0 Å². The molecule has 0 spiro atoms. The first-order valence-corrected chi connectivity index (χ1v) is 8.57. The minimum Gasteiger partial charge on any atom is -0.497 e. The topological polar surface area (TPSA) is 30.9 Å². The molecule has 18 heavy (non-hydrogen) atoms. The molecular weight excluding hydrogens is 246 g/mol. The predicted molar refractivity (Wildman–Crippen MR) is 75.8 cm³/mol. The fourth-order valence-electron chi connectivity index (χ4n) is 2.09. The maximum absolute atomic E-state index is 5.69. The molecule has 0 amide bonds. The van der Waals surface area contributed by atoms with E-state index in [-0.39, 0.29) is 0 Å². The van der Waals surface area contributed by atoms with E-state index < -0.39 is 9.28 Å². The zero-order valence-corrected chi connectivity index (χ0v) is 13.0. The molecule has 0 aromatic carbocycles. The Balaban J connectivity index is 2.17. The molecule has 5 heteroatoms. The summed E-state index contributed by atoms with van der Waals surface area (Å²) in [7, 11) is -1.84. The highest BCUT2D eigenvalue weighted by molar-refractivity contribution is 6.52. The average Bonchev–Trinajstić information content (AvgIpc) is 2.39. The molecule has 1 aliphatic rings. The normalized spacial score (nSPS) is 17.1. The highest BCUT2D eigenvalue weighted by Crippen LogP contribution is 2.09. The smallest absolute Gasteiger partial charge is 0.391 e.